The molecular weight excluding hydrogens is 376 g/mol. The van der Waals surface area contributed by atoms with Gasteiger partial charge in [0.1, 0.15) is 10.8 Å². The van der Waals surface area contributed by atoms with Gasteiger partial charge in [-0.1, -0.05) is 23.9 Å². The Morgan fingerprint density at radius 2 is 2.07 bits per heavy atom. The highest BCUT2D eigenvalue weighted by atomic mass is 32.2. The minimum atomic E-state index is 0.275. The van der Waals surface area contributed by atoms with Gasteiger partial charge in [-0.2, -0.15) is 0 Å². The van der Waals surface area contributed by atoms with Gasteiger partial charge in [-0.05, 0) is 56.9 Å². The van der Waals surface area contributed by atoms with E-state index in [2.05, 4.69) is 16.4 Å². The molecule has 0 amide bonds. The third-order valence-corrected chi connectivity index (χ3v) is 6.78. The number of benzene rings is 1. The predicted octanol–water partition coefficient (Wildman–Crippen LogP) is 4.75. The Morgan fingerprint density at radius 1 is 1.22 bits per heavy atom. The van der Waals surface area contributed by atoms with E-state index in [4.69, 9.17) is 9.97 Å². The van der Waals surface area contributed by atoms with Crippen LogP contribution in [0.2, 0.25) is 0 Å². The number of nitrogens with zero attached hydrogens (tertiary/aromatic N) is 3. The second-order valence-corrected chi connectivity index (χ2v) is 8.84. The maximum atomic E-state index is 9.22. The highest BCUT2D eigenvalue weighted by Gasteiger charge is 2.26. The first kappa shape index (κ1) is 18.7. The molecule has 142 valence electrons. The van der Waals surface area contributed by atoms with Crippen LogP contribution in [0.1, 0.15) is 31.4 Å². The molecule has 5 nitrogen and oxygen atoms in total. The van der Waals surface area contributed by atoms with E-state index in [0.717, 1.165) is 58.4 Å². The Morgan fingerprint density at radius 3 is 2.85 bits per heavy atom. The van der Waals surface area contributed by atoms with Crippen LogP contribution in [0, 0.1) is 12.8 Å². The minimum Gasteiger partial charge on any atom is -0.396 e. The fraction of sp³-hybridized carbons (Fsp3) is 0.450. The van der Waals surface area contributed by atoms with Gasteiger partial charge in [0.05, 0.1) is 21.5 Å². The van der Waals surface area contributed by atoms with Crippen LogP contribution in [-0.4, -0.2) is 39.0 Å². The SMILES string of the molecule is CSc1nc(C)c(-c2nc3ccccc3s2)c(NC2CCC(CCO)C2)n1. The summed E-state index contributed by atoms with van der Waals surface area (Å²) in [6.45, 7) is 2.31. The van der Waals surface area contributed by atoms with Gasteiger partial charge in [0.25, 0.3) is 0 Å². The summed E-state index contributed by atoms with van der Waals surface area (Å²) in [4.78, 5) is 14.3. The van der Waals surface area contributed by atoms with E-state index < -0.39 is 0 Å². The van der Waals surface area contributed by atoms with Crippen LogP contribution in [0.4, 0.5) is 5.82 Å². The molecule has 2 aromatic heterocycles. The number of aliphatic hydroxyl groups is 1. The van der Waals surface area contributed by atoms with Crippen LogP contribution in [-0.2, 0) is 0 Å². The molecule has 1 aliphatic carbocycles. The number of hydrogen-bond acceptors (Lipinski definition) is 7. The average Bonchev–Trinajstić information content (AvgIpc) is 3.28. The third kappa shape index (κ3) is 3.95. The van der Waals surface area contributed by atoms with Gasteiger partial charge in [-0.25, -0.2) is 15.0 Å². The normalized spacial score (nSPS) is 19.7. The van der Waals surface area contributed by atoms with E-state index in [9.17, 15) is 5.11 Å². The first-order valence-electron chi connectivity index (χ1n) is 9.34. The van der Waals surface area contributed by atoms with Crippen molar-refractivity contribution in [3.63, 3.8) is 0 Å². The molecule has 1 fully saturated rings. The van der Waals surface area contributed by atoms with Crippen molar-refractivity contribution in [1.82, 2.24) is 15.0 Å². The van der Waals surface area contributed by atoms with Crippen LogP contribution in [0.15, 0.2) is 29.4 Å². The van der Waals surface area contributed by atoms with Gasteiger partial charge in [0, 0.05) is 12.6 Å². The molecule has 2 N–H and O–H groups in total. The van der Waals surface area contributed by atoms with Crippen LogP contribution in [0.3, 0.4) is 0 Å². The predicted molar refractivity (Wildman–Crippen MR) is 114 cm³/mol. The number of aliphatic hydroxyl groups excluding tert-OH is 1. The standard InChI is InChI=1S/C20H24N4OS2/c1-12-17(19-23-15-5-3-4-6-16(15)27-19)18(24-20(21-12)26-2)22-14-8-7-13(11-14)9-10-25/h3-6,13-14,25H,7-11H2,1-2H3,(H,21,22,24). The molecule has 1 aromatic carbocycles. The van der Waals surface area contributed by atoms with Gasteiger partial charge in [0.15, 0.2) is 5.16 Å². The Hall–Kier alpha value is -1.70. The molecule has 2 unspecified atom stereocenters. The van der Waals surface area contributed by atoms with Crippen molar-refractivity contribution in [3.05, 3.63) is 30.0 Å². The van der Waals surface area contributed by atoms with E-state index in [1.54, 1.807) is 23.1 Å². The number of thioether (sulfide) groups is 1. The van der Waals surface area contributed by atoms with Crippen molar-refractivity contribution < 1.29 is 5.11 Å². The molecule has 2 atom stereocenters. The molecule has 1 aliphatic rings. The first-order chi connectivity index (χ1) is 13.2. The van der Waals surface area contributed by atoms with E-state index in [0.29, 0.717) is 12.0 Å². The lowest BCUT2D eigenvalue weighted by atomic mass is 10.0. The monoisotopic (exact) mass is 400 g/mol. The second kappa shape index (κ2) is 8.12. The quantitative estimate of drug-likeness (QED) is 0.460. The maximum Gasteiger partial charge on any atom is 0.189 e. The number of fused-ring (bicyclic) bond motifs is 1. The molecular formula is C20H24N4OS2. The second-order valence-electron chi connectivity index (χ2n) is 7.04. The number of aryl methyl sites for hydroxylation is 1. The van der Waals surface area contributed by atoms with Gasteiger partial charge < -0.3 is 10.4 Å². The summed E-state index contributed by atoms with van der Waals surface area (Å²) < 4.78 is 1.18. The van der Waals surface area contributed by atoms with Crippen molar-refractivity contribution in [2.24, 2.45) is 5.92 Å². The topological polar surface area (TPSA) is 70.9 Å². The molecule has 3 aromatic rings. The Kier molecular flexibility index (Phi) is 5.61. The number of aromatic nitrogens is 3. The third-order valence-electron chi connectivity index (χ3n) is 5.18. The first-order valence-corrected chi connectivity index (χ1v) is 11.4. The Labute approximate surface area is 167 Å². The number of rotatable bonds is 6. The summed E-state index contributed by atoms with van der Waals surface area (Å²) in [5.41, 5.74) is 2.99. The van der Waals surface area contributed by atoms with E-state index in [-0.39, 0.29) is 6.61 Å². The van der Waals surface area contributed by atoms with Crippen molar-refractivity contribution in [2.75, 3.05) is 18.2 Å². The minimum absolute atomic E-state index is 0.275. The molecule has 0 aliphatic heterocycles. The maximum absolute atomic E-state index is 9.22. The summed E-state index contributed by atoms with van der Waals surface area (Å²) in [6, 6.07) is 8.60. The molecule has 0 radical (unpaired) electrons. The number of hydrogen-bond donors (Lipinski definition) is 2. The zero-order valence-electron chi connectivity index (χ0n) is 15.6. The molecule has 0 saturated heterocycles. The zero-order chi connectivity index (χ0) is 18.8. The van der Waals surface area contributed by atoms with Crippen LogP contribution in [0.25, 0.3) is 20.8 Å². The van der Waals surface area contributed by atoms with Gasteiger partial charge in [-0.15, -0.1) is 11.3 Å². The molecule has 0 bridgehead atoms. The molecule has 2 heterocycles. The molecule has 7 heteroatoms. The fourth-order valence-corrected chi connectivity index (χ4v) is 5.30. The van der Waals surface area contributed by atoms with E-state index in [1.165, 1.54) is 4.70 Å². The number of para-hydroxylation sites is 1. The number of anilines is 1. The highest BCUT2D eigenvalue weighted by Crippen LogP contribution is 2.38. The number of thiazole rings is 1. The zero-order valence-corrected chi connectivity index (χ0v) is 17.2. The van der Waals surface area contributed by atoms with Crippen molar-refractivity contribution in [1.29, 1.82) is 0 Å². The smallest absolute Gasteiger partial charge is 0.189 e. The summed E-state index contributed by atoms with van der Waals surface area (Å²) in [5.74, 6) is 1.49. The van der Waals surface area contributed by atoms with E-state index >= 15 is 0 Å². The van der Waals surface area contributed by atoms with Crippen LogP contribution < -0.4 is 5.32 Å². The number of nitrogens with one attached hydrogen (secondary N) is 1. The molecule has 0 spiro atoms. The van der Waals surface area contributed by atoms with Gasteiger partial charge in [0.2, 0.25) is 0 Å². The lowest BCUT2D eigenvalue weighted by Crippen LogP contribution is -2.18. The molecule has 27 heavy (non-hydrogen) atoms. The summed E-state index contributed by atoms with van der Waals surface area (Å²) in [5, 5.41) is 14.6. The Bertz CT molecular complexity index is 910. The fourth-order valence-electron chi connectivity index (χ4n) is 3.82. The molecule has 4 rings (SSSR count). The van der Waals surface area contributed by atoms with E-state index in [1.807, 2.05) is 31.4 Å². The average molecular weight is 401 g/mol. The van der Waals surface area contributed by atoms with Crippen molar-refractivity contribution in [3.8, 4) is 10.6 Å². The van der Waals surface area contributed by atoms with Crippen molar-refractivity contribution >= 4 is 39.1 Å². The lowest BCUT2D eigenvalue weighted by molar-refractivity contribution is 0.258. The van der Waals surface area contributed by atoms with Gasteiger partial charge >= 0.3 is 0 Å². The summed E-state index contributed by atoms with van der Waals surface area (Å²) in [7, 11) is 0. The molecule has 1 saturated carbocycles. The summed E-state index contributed by atoms with van der Waals surface area (Å²) in [6.07, 6.45) is 6.25. The van der Waals surface area contributed by atoms with Gasteiger partial charge in [-0.3, -0.25) is 0 Å². The van der Waals surface area contributed by atoms with Crippen LogP contribution in [0.5, 0.6) is 0 Å². The highest BCUT2D eigenvalue weighted by molar-refractivity contribution is 7.98. The Balaban J connectivity index is 1.70. The lowest BCUT2D eigenvalue weighted by Gasteiger charge is -2.18. The van der Waals surface area contributed by atoms with Crippen molar-refractivity contribution in [2.45, 2.75) is 43.8 Å². The van der Waals surface area contributed by atoms with Crippen LogP contribution >= 0.6 is 23.1 Å². The summed E-state index contributed by atoms with van der Waals surface area (Å²) >= 11 is 3.25. The largest absolute Gasteiger partial charge is 0.396 e.